The molecule has 0 unspecified atom stereocenters. The Kier molecular flexibility index (Phi) is 4.17. The van der Waals surface area contributed by atoms with Crippen LogP contribution in [-0.4, -0.2) is 18.7 Å². The highest BCUT2D eigenvalue weighted by atomic mass is 16.5. The normalized spacial score (nSPS) is 10.2. The number of nitrogens with two attached hydrogens (primary N) is 1. The van der Waals surface area contributed by atoms with Crippen molar-refractivity contribution in [3.05, 3.63) is 23.8 Å². The zero-order valence-electron chi connectivity index (χ0n) is 9.82. The monoisotopic (exact) mass is 223 g/mol. The molecule has 0 saturated carbocycles. The van der Waals surface area contributed by atoms with Crippen molar-refractivity contribution in [3.8, 4) is 5.75 Å². The van der Waals surface area contributed by atoms with E-state index in [4.69, 9.17) is 15.2 Å². The molecule has 0 fully saturated rings. The van der Waals surface area contributed by atoms with Crippen molar-refractivity contribution in [3.63, 3.8) is 0 Å². The molecule has 1 aromatic carbocycles. The predicted molar refractivity (Wildman–Crippen MR) is 62.6 cm³/mol. The van der Waals surface area contributed by atoms with Gasteiger partial charge in [-0.05, 0) is 32.9 Å². The molecule has 0 amide bonds. The molecule has 16 heavy (non-hydrogen) atoms. The fraction of sp³-hybridized carbons (Fsp3) is 0.417. The summed E-state index contributed by atoms with van der Waals surface area (Å²) in [7, 11) is 0. The number of esters is 1. The number of rotatable bonds is 4. The van der Waals surface area contributed by atoms with Crippen molar-refractivity contribution in [2.24, 2.45) is 0 Å². The highest BCUT2D eigenvalue weighted by Gasteiger charge is 2.14. The second kappa shape index (κ2) is 5.39. The van der Waals surface area contributed by atoms with Crippen molar-refractivity contribution >= 4 is 11.7 Å². The van der Waals surface area contributed by atoms with Crippen LogP contribution < -0.4 is 10.5 Å². The van der Waals surface area contributed by atoms with Gasteiger partial charge in [-0.15, -0.1) is 0 Å². The number of hydrogen-bond acceptors (Lipinski definition) is 4. The van der Waals surface area contributed by atoms with Crippen LogP contribution in [0.1, 0.15) is 31.1 Å². The van der Waals surface area contributed by atoms with Crippen LogP contribution in [0.15, 0.2) is 18.2 Å². The maximum Gasteiger partial charge on any atom is 0.340 e. The topological polar surface area (TPSA) is 61.5 Å². The highest BCUT2D eigenvalue weighted by molar-refractivity contribution is 5.96. The Labute approximate surface area is 95.3 Å². The Hall–Kier alpha value is -1.71. The van der Waals surface area contributed by atoms with Gasteiger partial charge in [0.15, 0.2) is 0 Å². The standard InChI is InChI=1S/C12H17NO3/c1-4-15-12(14)9-6-5-7-10(11(9)13)16-8(2)3/h5-8H,4,13H2,1-3H3. The van der Waals surface area contributed by atoms with E-state index >= 15 is 0 Å². The van der Waals surface area contributed by atoms with Gasteiger partial charge in [-0.2, -0.15) is 0 Å². The zero-order valence-corrected chi connectivity index (χ0v) is 9.82. The first-order chi connectivity index (χ1) is 7.56. The fourth-order valence-electron chi connectivity index (χ4n) is 1.29. The van der Waals surface area contributed by atoms with E-state index in [1.165, 1.54) is 0 Å². The molecule has 0 heterocycles. The van der Waals surface area contributed by atoms with Gasteiger partial charge in [-0.25, -0.2) is 4.79 Å². The molecule has 0 aliphatic heterocycles. The van der Waals surface area contributed by atoms with Crippen molar-refractivity contribution in [2.75, 3.05) is 12.3 Å². The van der Waals surface area contributed by atoms with Gasteiger partial charge in [0, 0.05) is 0 Å². The maximum absolute atomic E-state index is 11.5. The van der Waals surface area contributed by atoms with Gasteiger partial charge in [0.2, 0.25) is 0 Å². The molecule has 0 atom stereocenters. The van der Waals surface area contributed by atoms with E-state index in [9.17, 15) is 4.79 Å². The molecule has 1 rings (SSSR count). The minimum atomic E-state index is -0.422. The number of carbonyl (C=O) groups excluding carboxylic acids is 1. The van der Waals surface area contributed by atoms with Gasteiger partial charge in [0.1, 0.15) is 5.75 Å². The molecule has 0 bridgehead atoms. The van der Waals surface area contributed by atoms with Crippen molar-refractivity contribution in [1.82, 2.24) is 0 Å². The lowest BCUT2D eigenvalue weighted by atomic mass is 10.1. The molecule has 0 aromatic heterocycles. The summed E-state index contributed by atoms with van der Waals surface area (Å²) in [4.78, 5) is 11.5. The van der Waals surface area contributed by atoms with E-state index in [1.807, 2.05) is 13.8 Å². The van der Waals surface area contributed by atoms with Gasteiger partial charge in [-0.3, -0.25) is 0 Å². The van der Waals surface area contributed by atoms with Gasteiger partial charge >= 0.3 is 5.97 Å². The van der Waals surface area contributed by atoms with Gasteiger partial charge in [0.25, 0.3) is 0 Å². The molecule has 2 N–H and O–H groups in total. The molecular formula is C12H17NO3. The van der Waals surface area contributed by atoms with E-state index in [2.05, 4.69) is 0 Å². The summed E-state index contributed by atoms with van der Waals surface area (Å²) < 4.78 is 10.4. The summed E-state index contributed by atoms with van der Waals surface area (Å²) in [5.41, 5.74) is 6.51. The smallest absolute Gasteiger partial charge is 0.340 e. The first kappa shape index (κ1) is 12.4. The molecular weight excluding hydrogens is 206 g/mol. The van der Waals surface area contributed by atoms with Crippen LogP contribution >= 0.6 is 0 Å². The van der Waals surface area contributed by atoms with Crippen molar-refractivity contribution in [2.45, 2.75) is 26.9 Å². The largest absolute Gasteiger partial charge is 0.489 e. The second-order valence-electron chi connectivity index (χ2n) is 3.60. The van der Waals surface area contributed by atoms with Crippen LogP contribution in [-0.2, 0) is 4.74 Å². The van der Waals surface area contributed by atoms with Gasteiger partial charge in [0.05, 0.1) is 24.0 Å². The fourth-order valence-corrected chi connectivity index (χ4v) is 1.29. The third-order valence-corrected chi connectivity index (χ3v) is 1.92. The lowest BCUT2D eigenvalue weighted by Crippen LogP contribution is -2.12. The van der Waals surface area contributed by atoms with E-state index < -0.39 is 5.97 Å². The molecule has 0 aliphatic carbocycles. The molecule has 1 aromatic rings. The Morgan fingerprint density at radius 2 is 2.12 bits per heavy atom. The second-order valence-corrected chi connectivity index (χ2v) is 3.60. The highest BCUT2D eigenvalue weighted by Crippen LogP contribution is 2.26. The SMILES string of the molecule is CCOC(=O)c1cccc(OC(C)C)c1N. The van der Waals surface area contributed by atoms with E-state index in [1.54, 1.807) is 25.1 Å². The molecule has 0 aliphatic rings. The predicted octanol–water partition coefficient (Wildman–Crippen LogP) is 2.23. The molecule has 88 valence electrons. The van der Waals surface area contributed by atoms with Crippen LogP contribution in [0, 0.1) is 0 Å². The van der Waals surface area contributed by atoms with Crippen LogP contribution in [0.5, 0.6) is 5.75 Å². The third-order valence-electron chi connectivity index (χ3n) is 1.92. The van der Waals surface area contributed by atoms with E-state index in [-0.39, 0.29) is 6.10 Å². The summed E-state index contributed by atoms with van der Waals surface area (Å²) in [6.07, 6.45) is 0.0137. The summed E-state index contributed by atoms with van der Waals surface area (Å²) in [6, 6.07) is 5.08. The summed E-state index contributed by atoms with van der Waals surface area (Å²) in [5, 5.41) is 0. The lowest BCUT2D eigenvalue weighted by Gasteiger charge is -2.13. The summed E-state index contributed by atoms with van der Waals surface area (Å²) in [5.74, 6) is 0.0924. The number of carbonyl (C=O) groups is 1. The van der Waals surface area contributed by atoms with E-state index in [0.717, 1.165) is 0 Å². The van der Waals surface area contributed by atoms with Gasteiger partial charge in [-0.1, -0.05) is 6.07 Å². The minimum absolute atomic E-state index is 0.0137. The quantitative estimate of drug-likeness (QED) is 0.628. The Morgan fingerprint density at radius 1 is 1.44 bits per heavy atom. The Morgan fingerprint density at radius 3 is 2.69 bits per heavy atom. The number of hydrogen-bond donors (Lipinski definition) is 1. The van der Waals surface area contributed by atoms with Crippen molar-refractivity contribution in [1.29, 1.82) is 0 Å². The first-order valence-electron chi connectivity index (χ1n) is 5.28. The molecule has 0 radical (unpaired) electrons. The average molecular weight is 223 g/mol. The number of nitrogen functional groups attached to an aromatic ring is 1. The van der Waals surface area contributed by atoms with Crippen LogP contribution in [0.3, 0.4) is 0 Å². The number of benzene rings is 1. The number of para-hydroxylation sites is 1. The van der Waals surface area contributed by atoms with Gasteiger partial charge < -0.3 is 15.2 Å². The third kappa shape index (κ3) is 2.89. The zero-order chi connectivity index (χ0) is 12.1. The number of ether oxygens (including phenoxy) is 2. The maximum atomic E-state index is 11.5. The molecule has 0 saturated heterocycles. The summed E-state index contributed by atoms with van der Waals surface area (Å²) >= 11 is 0. The molecule has 4 heteroatoms. The number of anilines is 1. The van der Waals surface area contributed by atoms with Crippen LogP contribution in [0.4, 0.5) is 5.69 Å². The molecule has 0 spiro atoms. The van der Waals surface area contributed by atoms with Crippen LogP contribution in [0.25, 0.3) is 0 Å². The first-order valence-corrected chi connectivity index (χ1v) is 5.28. The Bertz CT molecular complexity index is 375. The molecule has 4 nitrogen and oxygen atoms in total. The average Bonchev–Trinajstić information content (AvgIpc) is 2.21. The van der Waals surface area contributed by atoms with Crippen molar-refractivity contribution < 1.29 is 14.3 Å². The Balaban J connectivity index is 2.99. The minimum Gasteiger partial charge on any atom is -0.489 e. The van der Waals surface area contributed by atoms with E-state index in [0.29, 0.717) is 23.6 Å². The summed E-state index contributed by atoms with van der Waals surface area (Å²) in [6.45, 7) is 5.88. The lowest BCUT2D eigenvalue weighted by molar-refractivity contribution is 0.0527. The van der Waals surface area contributed by atoms with Crippen LogP contribution in [0.2, 0.25) is 0 Å².